The summed E-state index contributed by atoms with van der Waals surface area (Å²) < 4.78 is 49.4. The molecule has 0 aliphatic heterocycles. The number of esters is 2. The van der Waals surface area contributed by atoms with E-state index in [-0.39, 0.29) is 18.6 Å². The highest BCUT2D eigenvalue weighted by Gasteiger charge is 2.54. The van der Waals surface area contributed by atoms with Crippen molar-refractivity contribution in [1.29, 1.82) is 0 Å². The maximum Gasteiger partial charge on any atom is 0.472 e. The number of carbonyl (C=O) groups is 3. The van der Waals surface area contributed by atoms with Gasteiger partial charge in [0.25, 0.3) is 0 Å². The minimum Gasteiger partial charge on any atom is -0.462 e. The first-order chi connectivity index (χ1) is 32.5. The van der Waals surface area contributed by atoms with Gasteiger partial charge < -0.3 is 44.6 Å². The molecule has 0 radical (unpaired) electrons. The number of hydrogen-bond acceptors (Lipinski definition) is 14. The maximum absolute atomic E-state index is 13.0. The molecule has 1 aliphatic rings. The van der Waals surface area contributed by atoms with E-state index in [1.54, 1.807) is 12.2 Å². The number of aliphatic hydroxyl groups is 4. The van der Waals surface area contributed by atoms with E-state index in [1.807, 2.05) is 12.2 Å². The lowest BCUT2D eigenvalue weighted by atomic mass is 9.85. The second-order valence-corrected chi connectivity index (χ2v) is 20.2. The lowest BCUT2D eigenvalue weighted by molar-refractivity contribution is -0.216. The third-order valence-corrected chi connectivity index (χ3v) is 12.9. The molecule has 8 atom stereocenters. The van der Waals surface area contributed by atoms with Crippen molar-refractivity contribution in [2.24, 2.45) is 0 Å². The fourth-order valence-electron chi connectivity index (χ4n) is 7.39. The number of hydrogen-bond donors (Lipinski definition) is 7. The number of carbonyl (C=O) groups excluding carboxylic acids is 3. The van der Waals surface area contributed by atoms with Gasteiger partial charge in [0.15, 0.2) is 11.9 Å². The second-order valence-electron chi connectivity index (χ2n) is 17.6. The molecular weight excluding hydrogens is 922 g/mol. The van der Waals surface area contributed by atoms with E-state index in [2.05, 4.69) is 42.7 Å². The topological polar surface area (TPSA) is 273 Å². The normalized spacial score (nSPS) is 21.5. The molecule has 68 heavy (non-hydrogen) atoms. The highest BCUT2D eigenvalue weighted by atomic mass is 31.2. The number of ketones is 1. The van der Waals surface area contributed by atoms with Gasteiger partial charge in [-0.25, -0.2) is 9.13 Å². The molecule has 0 aromatic heterocycles. The number of phosphoric ester groups is 2. The Labute approximate surface area is 405 Å². The Morgan fingerprint density at radius 2 is 0.985 bits per heavy atom. The summed E-state index contributed by atoms with van der Waals surface area (Å²) in [6.45, 7) is 2.91. The lowest BCUT2D eigenvalue weighted by Gasteiger charge is -2.43. The van der Waals surface area contributed by atoms with Gasteiger partial charge in [-0.2, -0.15) is 0 Å². The minimum absolute atomic E-state index is 0.00888. The summed E-state index contributed by atoms with van der Waals surface area (Å²) in [5.74, 6) is -1.15. The number of rotatable bonds is 42. The van der Waals surface area contributed by atoms with Crippen LogP contribution in [0.1, 0.15) is 187 Å². The molecule has 0 amide bonds. The average Bonchev–Trinajstić information content (AvgIpc) is 3.29. The molecule has 0 aromatic rings. The van der Waals surface area contributed by atoms with E-state index in [1.165, 1.54) is 51.4 Å². The van der Waals surface area contributed by atoms with E-state index in [0.717, 1.165) is 89.9 Å². The van der Waals surface area contributed by atoms with Crippen molar-refractivity contribution in [3.8, 4) is 0 Å². The zero-order chi connectivity index (χ0) is 50.5. The zero-order valence-corrected chi connectivity index (χ0v) is 42.6. The van der Waals surface area contributed by atoms with Crippen molar-refractivity contribution in [2.75, 3.05) is 13.2 Å². The fourth-order valence-corrected chi connectivity index (χ4v) is 8.93. The van der Waals surface area contributed by atoms with E-state index in [0.29, 0.717) is 19.3 Å². The molecule has 7 N–H and O–H groups in total. The minimum atomic E-state index is -5.38. The Balaban J connectivity index is 2.57. The predicted octanol–water partition coefficient (Wildman–Crippen LogP) is 9.25. The molecule has 0 heterocycles. The van der Waals surface area contributed by atoms with Gasteiger partial charge in [-0.3, -0.25) is 28.0 Å². The largest absolute Gasteiger partial charge is 0.472 e. The molecule has 0 aromatic carbocycles. The summed E-state index contributed by atoms with van der Waals surface area (Å²) in [4.78, 5) is 66.2. The quantitative estimate of drug-likeness (QED) is 0.00749. The van der Waals surface area contributed by atoms with Crippen LogP contribution in [0, 0.1) is 0 Å². The van der Waals surface area contributed by atoms with E-state index >= 15 is 0 Å². The van der Waals surface area contributed by atoms with E-state index in [9.17, 15) is 58.6 Å². The van der Waals surface area contributed by atoms with Crippen LogP contribution in [0.2, 0.25) is 0 Å². The van der Waals surface area contributed by atoms with Crippen LogP contribution in [0.3, 0.4) is 0 Å². The smallest absolute Gasteiger partial charge is 0.462 e. The van der Waals surface area contributed by atoms with Crippen molar-refractivity contribution in [2.45, 2.75) is 230 Å². The number of allylic oxidation sites excluding steroid dienone is 8. The van der Waals surface area contributed by atoms with Gasteiger partial charge in [-0.15, -0.1) is 0 Å². The van der Waals surface area contributed by atoms with Gasteiger partial charge >= 0.3 is 27.6 Å². The molecular formula is C49H86O17P2. The lowest BCUT2D eigenvalue weighted by Crippen LogP contribution is -2.64. The Morgan fingerprint density at radius 3 is 1.54 bits per heavy atom. The highest BCUT2D eigenvalue weighted by Crippen LogP contribution is 2.49. The first-order valence-electron chi connectivity index (χ1n) is 25.1. The molecule has 5 unspecified atom stereocenters. The van der Waals surface area contributed by atoms with Crippen LogP contribution >= 0.6 is 15.6 Å². The van der Waals surface area contributed by atoms with Gasteiger partial charge in [-0.1, -0.05) is 146 Å². The SMILES string of the molecule is CCCCC/C=C\C/C=C\CCCCCCCCCCCC(=O)OC[C@H](COP(=O)(O)O[C@H]1C(O)C(O)C(O)[C@@H](OP(=O)(O)O)C1O)OC(=O)CCCCCCC/C=C\C=C\C(=O)CCCCC. The van der Waals surface area contributed by atoms with Gasteiger partial charge in [-0.05, 0) is 70.3 Å². The van der Waals surface area contributed by atoms with Gasteiger partial charge in [0.2, 0.25) is 0 Å². The van der Waals surface area contributed by atoms with E-state index in [4.69, 9.17) is 18.5 Å². The van der Waals surface area contributed by atoms with E-state index < -0.39 is 83.5 Å². The Bertz CT molecular complexity index is 1560. The number of ether oxygens (including phenoxy) is 2. The fraction of sp³-hybridized carbons (Fsp3) is 0.776. The van der Waals surface area contributed by atoms with Gasteiger partial charge in [0, 0.05) is 19.3 Å². The molecule has 0 saturated heterocycles. The summed E-state index contributed by atoms with van der Waals surface area (Å²) in [6, 6.07) is 0. The standard InChI is InChI=1S/C49H86O17P2/c1-3-5-7-8-9-10-11-12-13-14-15-16-17-18-19-22-25-28-32-36-42(51)62-38-41(64-43(52)37-33-29-26-23-20-21-24-27-31-35-40(50)34-30-6-4-2)39-63-68(60,61)66-49-46(55)44(53)45(54)48(47(49)56)65-67(57,58)59/h9-10,12-13,24,27,31,35,41,44-49,53-56H,3-8,11,14-23,25-26,28-30,32-34,36-39H2,1-2H3,(H,60,61)(H2,57,58,59)/b10-9-,13-12-,27-24-,35-31+/t41-,44?,45?,46?,47?,48-,49+/m1/s1. The van der Waals surface area contributed by atoms with Crippen molar-refractivity contribution in [1.82, 2.24) is 0 Å². The summed E-state index contributed by atoms with van der Waals surface area (Å²) in [7, 11) is -10.7. The molecule has 17 nitrogen and oxygen atoms in total. The van der Waals surface area contributed by atoms with Crippen LogP contribution < -0.4 is 0 Å². The zero-order valence-electron chi connectivity index (χ0n) is 40.8. The van der Waals surface area contributed by atoms with Gasteiger partial charge in [0.1, 0.15) is 43.2 Å². The van der Waals surface area contributed by atoms with Crippen molar-refractivity contribution in [3.05, 3.63) is 48.6 Å². The second kappa shape index (κ2) is 39.3. The van der Waals surface area contributed by atoms with Crippen molar-refractivity contribution in [3.63, 3.8) is 0 Å². The molecule has 0 bridgehead atoms. The summed E-state index contributed by atoms with van der Waals surface area (Å²) in [6.07, 6.45) is 26.1. The highest BCUT2D eigenvalue weighted by molar-refractivity contribution is 7.47. The third-order valence-electron chi connectivity index (χ3n) is 11.4. The summed E-state index contributed by atoms with van der Waals surface area (Å²) in [5, 5.41) is 41.3. The third kappa shape index (κ3) is 33.3. The number of unbranched alkanes of at least 4 members (excludes halogenated alkanes) is 19. The first-order valence-corrected chi connectivity index (χ1v) is 28.2. The predicted molar refractivity (Wildman–Crippen MR) is 260 cm³/mol. The number of phosphoric acid groups is 2. The van der Waals surface area contributed by atoms with Crippen molar-refractivity contribution < 1.29 is 81.7 Å². The van der Waals surface area contributed by atoms with Crippen molar-refractivity contribution >= 4 is 33.4 Å². The summed E-state index contributed by atoms with van der Waals surface area (Å²) >= 11 is 0. The van der Waals surface area contributed by atoms with Crippen LogP contribution in [-0.4, -0.2) is 109 Å². The molecule has 1 aliphatic carbocycles. The number of aliphatic hydroxyl groups excluding tert-OH is 4. The average molecular weight is 1010 g/mol. The molecule has 1 saturated carbocycles. The Morgan fingerprint density at radius 1 is 0.515 bits per heavy atom. The van der Waals surface area contributed by atoms with Crippen LogP contribution in [0.15, 0.2) is 48.6 Å². The monoisotopic (exact) mass is 1010 g/mol. The van der Waals surface area contributed by atoms with Crippen LogP contribution in [0.5, 0.6) is 0 Å². The van der Waals surface area contributed by atoms with Crippen LogP contribution in [0.4, 0.5) is 0 Å². The molecule has 394 valence electrons. The first kappa shape index (κ1) is 63.6. The van der Waals surface area contributed by atoms with Gasteiger partial charge in [0.05, 0.1) is 6.61 Å². The maximum atomic E-state index is 13.0. The Kier molecular flexibility index (Phi) is 36.8. The van der Waals surface area contributed by atoms with Crippen LogP contribution in [-0.2, 0) is 46.6 Å². The molecule has 19 heteroatoms. The molecule has 0 spiro atoms. The Hall–Kier alpha value is -2.37. The molecule has 1 rings (SSSR count). The molecule has 1 fully saturated rings. The van der Waals surface area contributed by atoms with Crippen LogP contribution in [0.25, 0.3) is 0 Å². The summed E-state index contributed by atoms with van der Waals surface area (Å²) in [5.41, 5.74) is 0.